The third-order valence-electron chi connectivity index (χ3n) is 2.32. The Bertz CT molecular complexity index is 388. The van der Waals surface area contributed by atoms with Crippen molar-refractivity contribution in [2.75, 3.05) is 20.6 Å². The maximum atomic E-state index is 12.0. The molecular weight excluding hydrogens is 204 g/mol. The number of hydrogen-bond donors (Lipinski definition) is 0. The van der Waals surface area contributed by atoms with Gasteiger partial charge >= 0.3 is 0 Å². The molecule has 0 bridgehead atoms. The fourth-order valence-electron chi connectivity index (χ4n) is 1.63. The van der Waals surface area contributed by atoms with E-state index >= 15 is 0 Å². The van der Waals surface area contributed by atoms with Crippen molar-refractivity contribution in [1.82, 2.24) is 4.90 Å². The summed E-state index contributed by atoms with van der Waals surface area (Å²) in [5.74, 6) is -0.0453. The molecule has 16 heavy (non-hydrogen) atoms. The molecule has 0 radical (unpaired) electrons. The highest BCUT2D eigenvalue weighted by molar-refractivity contribution is 5.98. The van der Waals surface area contributed by atoms with Gasteiger partial charge in [0, 0.05) is 18.0 Å². The van der Waals surface area contributed by atoms with Crippen molar-refractivity contribution in [3.05, 3.63) is 34.7 Å². The molecule has 0 saturated carbocycles. The minimum atomic E-state index is -0.0862. The largest absolute Gasteiger partial charge is 0.309 e. The summed E-state index contributed by atoms with van der Waals surface area (Å²) >= 11 is 0. The number of nitroso groups, excluding NO2 is 1. The van der Waals surface area contributed by atoms with Crippen LogP contribution in [0.3, 0.4) is 0 Å². The average molecular weight is 220 g/mol. The first-order valence-electron chi connectivity index (χ1n) is 5.17. The first-order valence-corrected chi connectivity index (χ1v) is 5.17. The smallest absolute Gasteiger partial charge is 0.167 e. The van der Waals surface area contributed by atoms with Crippen LogP contribution in [0.2, 0.25) is 0 Å². The number of ketones is 1. The van der Waals surface area contributed by atoms with Crippen LogP contribution in [0.5, 0.6) is 0 Å². The number of rotatable bonds is 5. The van der Waals surface area contributed by atoms with Crippen molar-refractivity contribution in [2.45, 2.75) is 6.92 Å². The van der Waals surface area contributed by atoms with Gasteiger partial charge in [-0.25, -0.2) is 0 Å². The maximum Gasteiger partial charge on any atom is 0.167 e. The predicted molar refractivity (Wildman–Crippen MR) is 63.9 cm³/mol. The minimum absolute atomic E-state index is 0.0409. The summed E-state index contributed by atoms with van der Waals surface area (Å²) in [5.41, 5.74) is 0.842. The van der Waals surface area contributed by atoms with Gasteiger partial charge in [-0.05, 0) is 31.4 Å². The van der Waals surface area contributed by atoms with Gasteiger partial charge in [-0.15, -0.1) is 4.91 Å². The van der Waals surface area contributed by atoms with Crippen molar-refractivity contribution >= 4 is 11.5 Å². The van der Waals surface area contributed by atoms with Crippen molar-refractivity contribution in [2.24, 2.45) is 11.1 Å². The van der Waals surface area contributed by atoms with Crippen molar-refractivity contribution in [3.8, 4) is 0 Å². The lowest BCUT2D eigenvalue weighted by molar-refractivity contribution is 0.0910. The number of hydrogen-bond acceptors (Lipinski definition) is 4. The van der Waals surface area contributed by atoms with Crippen LogP contribution in [-0.4, -0.2) is 31.3 Å². The lowest BCUT2D eigenvalue weighted by Gasteiger charge is -2.15. The van der Waals surface area contributed by atoms with E-state index in [1.54, 1.807) is 18.2 Å². The van der Waals surface area contributed by atoms with Gasteiger partial charge < -0.3 is 4.90 Å². The van der Waals surface area contributed by atoms with Crippen molar-refractivity contribution < 1.29 is 4.79 Å². The quantitative estimate of drug-likeness (QED) is 0.565. The molecule has 0 saturated heterocycles. The zero-order valence-electron chi connectivity index (χ0n) is 9.80. The van der Waals surface area contributed by atoms with Gasteiger partial charge in [0.1, 0.15) is 5.69 Å². The highest BCUT2D eigenvalue weighted by atomic mass is 16.3. The Morgan fingerprint density at radius 1 is 1.44 bits per heavy atom. The van der Waals surface area contributed by atoms with Crippen molar-refractivity contribution in [1.29, 1.82) is 0 Å². The monoisotopic (exact) mass is 220 g/mol. The van der Waals surface area contributed by atoms with Crippen LogP contribution in [0.25, 0.3) is 0 Å². The molecular formula is C12H16N2O2. The van der Waals surface area contributed by atoms with Gasteiger partial charge in [0.15, 0.2) is 5.78 Å². The summed E-state index contributed by atoms with van der Waals surface area (Å²) in [7, 11) is 3.85. The van der Waals surface area contributed by atoms with Crippen molar-refractivity contribution in [3.63, 3.8) is 0 Å². The standard InChI is InChI=1S/C12H16N2O2/c1-9(8-14(2)3)12(15)10-5-4-6-11(7-10)13-16/h4-7,9H,8H2,1-3H3/t9-/m0/s1. The lowest BCUT2D eigenvalue weighted by Crippen LogP contribution is -2.25. The normalized spacial score (nSPS) is 12.5. The maximum absolute atomic E-state index is 12.0. The van der Waals surface area contributed by atoms with E-state index in [0.717, 1.165) is 0 Å². The second kappa shape index (κ2) is 5.51. The van der Waals surface area contributed by atoms with E-state index in [9.17, 15) is 9.70 Å². The van der Waals surface area contributed by atoms with Crippen LogP contribution in [0.4, 0.5) is 5.69 Å². The number of benzene rings is 1. The molecule has 1 aromatic rings. The lowest BCUT2D eigenvalue weighted by atomic mass is 9.99. The minimum Gasteiger partial charge on any atom is -0.309 e. The van der Waals surface area contributed by atoms with Crippen LogP contribution in [-0.2, 0) is 0 Å². The Morgan fingerprint density at radius 3 is 2.69 bits per heavy atom. The summed E-state index contributed by atoms with van der Waals surface area (Å²) in [6.45, 7) is 2.57. The summed E-state index contributed by atoms with van der Waals surface area (Å²) in [4.78, 5) is 24.3. The first-order chi connectivity index (χ1) is 7.54. The second-order valence-electron chi connectivity index (χ2n) is 4.17. The Balaban J connectivity index is 2.83. The van der Waals surface area contributed by atoms with Gasteiger partial charge in [-0.2, -0.15) is 0 Å². The summed E-state index contributed by atoms with van der Waals surface area (Å²) in [6.07, 6.45) is 0. The summed E-state index contributed by atoms with van der Waals surface area (Å²) in [5, 5.41) is 2.82. The van der Waals surface area contributed by atoms with E-state index in [1.165, 1.54) is 6.07 Å². The fraction of sp³-hybridized carbons (Fsp3) is 0.417. The number of Topliss-reactive ketones (excluding diaryl/α,β-unsaturated/α-hetero) is 1. The van der Waals surface area contributed by atoms with Crippen LogP contribution >= 0.6 is 0 Å². The first kappa shape index (κ1) is 12.5. The van der Waals surface area contributed by atoms with E-state index in [2.05, 4.69) is 5.18 Å². The number of nitrogens with zero attached hydrogens (tertiary/aromatic N) is 2. The molecule has 0 amide bonds. The van der Waals surface area contributed by atoms with Crippen LogP contribution in [0.1, 0.15) is 17.3 Å². The molecule has 0 aliphatic heterocycles. The van der Waals surface area contributed by atoms with E-state index in [0.29, 0.717) is 17.8 Å². The Morgan fingerprint density at radius 2 is 2.12 bits per heavy atom. The van der Waals surface area contributed by atoms with Gasteiger partial charge in [0.25, 0.3) is 0 Å². The third kappa shape index (κ3) is 3.24. The van der Waals surface area contributed by atoms with Gasteiger partial charge in [0.2, 0.25) is 0 Å². The zero-order valence-corrected chi connectivity index (χ0v) is 9.80. The van der Waals surface area contributed by atoms with Gasteiger partial charge in [-0.1, -0.05) is 19.1 Å². The summed E-state index contributed by atoms with van der Waals surface area (Å²) < 4.78 is 0. The Labute approximate surface area is 95.2 Å². The molecule has 1 atom stereocenters. The molecule has 0 heterocycles. The highest BCUT2D eigenvalue weighted by Gasteiger charge is 2.16. The zero-order chi connectivity index (χ0) is 12.1. The van der Waals surface area contributed by atoms with Crippen LogP contribution < -0.4 is 0 Å². The Hall–Kier alpha value is -1.55. The molecule has 0 aromatic heterocycles. The SMILES string of the molecule is C[C@@H](CN(C)C)C(=O)c1cccc(N=O)c1. The summed E-state index contributed by atoms with van der Waals surface area (Å²) in [6, 6.07) is 6.50. The van der Waals surface area contributed by atoms with E-state index in [-0.39, 0.29) is 11.7 Å². The molecule has 1 aromatic carbocycles. The predicted octanol–water partition coefficient (Wildman–Crippen LogP) is 2.46. The molecule has 0 aliphatic carbocycles. The van der Waals surface area contributed by atoms with Crippen LogP contribution in [0.15, 0.2) is 29.4 Å². The molecule has 0 fully saturated rings. The van der Waals surface area contributed by atoms with E-state index in [4.69, 9.17) is 0 Å². The highest BCUT2D eigenvalue weighted by Crippen LogP contribution is 2.16. The molecule has 1 rings (SSSR count). The second-order valence-corrected chi connectivity index (χ2v) is 4.17. The number of carbonyl (C=O) groups is 1. The molecule has 0 unspecified atom stereocenters. The third-order valence-corrected chi connectivity index (χ3v) is 2.32. The Kier molecular flexibility index (Phi) is 4.31. The molecule has 0 spiro atoms. The number of carbonyl (C=O) groups excluding carboxylic acids is 1. The molecule has 4 nitrogen and oxygen atoms in total. The van der Waals surface area contributed by atoms with E-state index < -0.39 is 0 Å². The van der Waals surface area contributed by atoms with Gasteiger partial charge in [-0.3, -0.25) is 4.79 Å². The topological polar surface area (TPSA) is 49.7 Å². The van der Waals surface area contributed by atoms with Gasteiger partial charge in [0.05, 0.1) is 0 Å². The molecule has 86 valence electrons. The average Bonchev–Trinajstić information content (AvgIpc) is 2.27. The molecule has 0 N–H and O–H groups in total. The van der Waals surface area contributed by atoms with E-state index in [1.807, 2.05) is 25.9 Å². The fourth-order valence-corrected chi connectivity index (χ4v) is 1.63. The molecule has 0 aliphatic rings. The van der Waals surface area contributed by atoms with Crippen LogP contribution in [0, 0.1) is 10.8 Å². The molecule has 4 heteroatoms.